The lowest BCUT2D eigenvalue weighted by atomic mass is 9.87. The van der Waals surface area contributed by atoms with Crippen molar-refractivity contribution in [3.05, 3.63) is 11.5 Å². The van der Waals surface area contributed by atoms with Crippen LogP contribution < -0.4 is 0 Å². The third kappa shape index (κ3) is 0.944. The largest absolute Gasteiger partial charge is 0.277 e. The zero-order chi connectivity index (χ0) is 7.14. The molecule has 10 heavy (non-hydrogen) atoms. The SMILES string of the molecule is [B]C1=CC2CCC(C1)N2P. The van der Waals surface area contributed by atoms with Crippen LogP contribution in [0.4, 0.5) is 0 Å². The molecule has 2 bridgehead atoms. The van der Waals surface area contributed by atoms with Gasteiger partial charge in [0.25, 0.3) is 0 Å². The maximum atomic E-state index is 5.74. The van der Waals surface area contributed by atoms with E-state index in [1.165, 1.54) is 12.8 Å². The van der Waals surface area contributed by atoms with Gasteiger partial charge in [-0.05, 0) is 19.3 Å². The first-order chi connectivity index (χ1) is 4.77. The van der Waals surface area contributed by atoms with Gasteiger partial charge in [-0.3, -0.25) is 4.67 Å². The number of fused-ring (bicyclic) bond motifs is 2. The molecule has 52 valence electrons. The summed E-state index contributed by atoms with van der Waals surface area (Å²) >= 11 is 0. The molecule has 2 aliphatic heterocycles. The zero-order valence-corrected chi connectivity index (χ0v) is 7.11. The highest BCUT2D eigenvalue weighted by atomic mass is 31.0. The first-order valence-electron chi connectivity index (χ1n) is 3.76. The van der Waals surface area contributed by atoms with Gasteiger partial charge in [-0.25, -0.2) is 0 Å². The molecule has 1 fully saturated rings. The lowest BCUT2D eigenvalue weighted by Crippen LogP contribution is -2.29. The average Bonchev–Trinajstić information content (AvgIpc) is 2.20. The van der Waals surface area contributed by atoms with Gasteiger partial charge < -0.3 is 0 Å². The summed E-state index contributed by atoms with van der Waals surface area (Å²) < 4.78 is 2.36. The molecule has 2 rings (SSSR count). The van der Waals surface area contributed by atoms with E-state index < -0.39 is 0 Å². The molecule has 1 saturated heterocycles. The second kappa shape index (κ2) is 2.35. The minimum atomic E-state index is 0.615. The van der Waals surface area contributed by atoms with Crippen molar-refractivity contribution in [2.24, 2.45) is 0 Å². The van der Waals surface area contributed by atoms with E-state index in [2.05, 4.69) is 20.1 Å². The second-order valence-electron chi connectivity index (χ2n) is 3.19. The zero-order valence-electron chi connectivity index (χ0n) is 5.96. The van der Waals surface area contributed by atoms with E-state index >= 15 is 0 Å². The van der Waals surface area contributed by atoms with Gasteiger partial charge >= 0.3 is 0 Å². The fraction of sp³-hybridized carbons (Fsp3) is 0.714. The normalized spacial score (nSPS) is 39.9. The molecule has 0 spiro atoms. The van der Waals surface area contributed by atoms with E-state index in [1.54, 1.807) is 0 Å². The highest BCUT2D eigenvalue weighted by Gasteiger charge is 2.32. The Morgan fingerprint density at radius 2 is 2.40 bits per heavy atom. The van der Waals surface area contributed by atoms with Gasteiger partial charge in [0.2, 0.25) is 0 Å². The molecule has 3 heteroatoms. The molecule has 0 saturated carbocycles. The van der Waals surface area contributed by atoms with Crippen molar-refractivity contribution in [3.8, 4) is 0 Å². The summed E-state index contributed by atoms with van der Waals surface area (Å²) in [6.07, 6.45) is 5.86. The molecule has 2 heterocycles. The van der Waals surface area contributed by atoms with Crippen LogP contribution in [-0.4, -0.2) is 24.6 Å². The molecule has 0 aromatic rings. The van der Waals surface area contributed by atoms with Crippen LogP contribution in [0, 0.1) is 0 Å². The summed E-state index contributed by atoms with van der Waals surface area (Å²) in [5.74, 6) is 0. The maximum Gasteiger partial charge on any atom is 0.107 e. The summed E-state index contributed by atoms with van der Waals surface area (Å²) in [6, 6.07) is 1.32. The first-order valence-corrected chi connectivity index (χ1v) is 4.28. The molecule has 0 aromatic heterocycles. The van der Waals surface area contributed by atoms with Crippen molar-refractivity contribution in [3.63, 3.8) is 0 Å². The van der Waals surface area contributed by atoms with Gasteiger partial charge in [0.1, 0.15) is 7.85 Å². The summed E-state index contributed by atoms with van der Waals surface area (Å²) in [4.78, 5) is 0. The molecule has 2 radical (unpaired) electrons. The van der Waals surface area contributed by atoms with E-state index in [0.717, 1.165) is 11.9 Å². The van der Waals surface area contributed by atoms with E-state index in [-0.39, 0.29) is 0 Å². The van der Waals surface area contributed by atoms with Crippen LogP contribution in [0.1, 0.15) is 19.3 Å². The Morgan fingerprint density at radius 3 is 3.10 bits per heavy atom. The molecule has 2 aliphatic rings. The Hall–Kier alpha value is 0.195. The summed E-state index contributed by atoms with van der Waals surface area (Å²) in [5.41, 5.74) is 1.09. The molecule has 3 unspecified atom stereocenters. The van der Waals surface area contributed by atoms with E-state index in [9.17, 15) is 0 Å². The maximum absolute atomic E-state index is 5.74. The average molecular weight is 151 g/mol. The van der Waals surface area contributed by atoms with Crippen molar-refractivity contribution < 1.29 is 0 Å². The summed E-state index contributed by atoms with van der Waals surface area (Å²) in [6.45, 7) is 0. The van der Waals surface area contributed by atoms with Crippen LogP contribution in [-0.2, 0) is 0 Å². The molecule has 0 amide bonds. The fourth-order valence-corrected chi connectivity index (χ4v) is 2.39. The molecular formula is C7H11BNP. The predicted molar refractivity (Wildman–Crippen MR) is 46.8 cm³/mol. The molecule has 0 aliphatic carbocycles. The van der Waals surface area contributed by atoms with Gasteiger partial charge in [0, 0.05) is 12.1 Å². The smallest absolute Gasteiger partial charge is 0.107 e. The Balaban J connectivity index is 2.24. The lowest BCUT2D eigenvalue weighted by Gasteiger charge is -2.28. The minimum absolute atomic E-state index is 0.615. The topological polar surface area (TPSA) is 3.24 Å². The van der Waals surface area contributed by atoms with Crippen LogP contribution in [0.2, 0.25) is 0 Å². The number of nitrogens with zero attached hydrogens (tertiary/aromatic N) is 1. The Morgan fingerprint density at radius 1 is 1.60 bits per heavy atom. The van der Waals surface area contributed by atoms with Crippen molar-refractivity contribution in [2.45, 2.75) is 31.3 Å². The molecule has 0 N–H and O–H groups in total. The van der Waals surface area contributed by atoms with Crippen LogP contribution in [0.25, 0.3) is 0 Å². The quantitative estimate of drug-likeness (QED) is 0.369. The standard InChI is InChI=1S/C7H11BNP/c8-5-3-6-1-2-7(4-5)9(6)10/h3,6-7H,1-2,4,10H2. The van der Waals surface area contributed by atoms with Gasteiger partial charge in [0.15, 0.2) is 0 Å². The lowest BCUT2D eigenvalue weighted by molar-refractivity contribution is 0.376. The van der Waals surface area contributed by atoms with Crippen molar-refractivity contribution in [1.82, 2.24) is 4.67 Å². The predicted octanol–water partition coefficient (Wildman–Crippen LogP) is 1.07. The second-order valence-corrected chi connectivity index (χ2v) is 3.79. The van der Waals surface area contributed by atoms with E-state index in [0.29, 0.717) is 12.1 Å². The highest BCUT2D eigenvalue weighted by molar-refractivity contribution is 7.13. The van der Waals surface area contributed by atoms with Crippen LogP contribution in [0.5, 0.6) is 0 Å². The highest BCUT2D eigenvalue weighted by Crippen LogP contribution is 2.35. The van der Waals surface area contributed by atoms with E-state index in [1.807, 2.05) is 0 Å². The van der Waals surface area contributed by atoms with Gasteiger partial charge in [-0.2, -0.15) is 0 Å². The Labute approximate surface area is 65.5 Å². The van der Waals surface area contributed by atoms with Gasteiger partial charge in [0.05, 0.1) is 0 Å². The Bertz CT molecular complexity index is 180. The fourth-order valence-electron chi connectivity index (χ4n) is 1.90. The monoisotopic (exact) mass is 151 g/mol. The minimum Gasteiger partial charge on any atom is -0.277 e. The van der Waals surface area contributed by atoms with E-state index in [4.69, 9.17) is 7.85 Å². The number of hydrogen-bond acceptors (Lipinski definition) is 1. The van der Waals surface area contributed by atoms with Gasteiger partial charge in [-0.1, -0.05) is 15.5 Å². The van der Waals surface area contributed by atoms with Crippen LogP contribution in [0.15, 0.2) is 11.5 Å². The van der Waals surface area contributed by atoms with Crippen molar-refractivity contribution in [1.29, 1.82) is 0 Å². The molecular weight excluding hydrogens is 140 g/mol. The number of hydrogen-bond donors (Lipinski definition) is 0. The van der Waals surface area contributed by atoms with Crippen molar-refractivity contribution in [2.75, 3.05) is 0 Å². The molecule has 3 atom stereocenters. The molecule has 1 nitrogen and oxygen atoms in total. The van der Waals surface area contributed by atoms with Crippen molar-refractivity contribution >= 4 is 17.2 Å². The third-order valence-corrected chi connectivity index (χ3v) is 3.28. The summed E-state index contributed by atoms with van der Waals surface area (Å²) in [5, 5.41) is 0. The third-order valence-electron chi connectivity index (χ3n) is 2.48. The van der Waals surface area contributed by atoms with Crippen LogP contribution >= 0.6 is 9.39 Å². The molecule has 0 aromatic carbocycles. The Kier molecular flexibility index (Phi) is 1.62. The first kappa shape index (κ1) is 6.88. The number of rotatable bonds is 0. The summed E-state index contributed by atoms with van der Waals surface area (Å²) in [7, 11) is 8.54. The van der Waals surface area contributed by atoms with Crippen LogP contribution in [0.3, 0.4) is 0 Å². The van der Waals surface area contributed by atoms with Gasteiger partial charge in [-0.15, -0.1) is 5.47 Å².